The molecule has 0 aliphatic rings. The molecule has 0 radical (unpaired) electrons. The number of carboxylic acids is 1. The van der Waals surface area contributed by atoms with Gasteiger partial charge in [0.05, 0.1) is 13.0 Å². The second-order valence-corrected chi connectivity index (χ2v) is 6.18. The minimum atomic E-state index is -3.40. The van der Waals surface area contributed by atoms with Crippen molar-refractivity contribution in [1.82, 2.24) is 0 Å². The molecule has 1 aromatic rings. The van der Waals surface area contributed by atoms with E-state index >= 15 is 0 Å². The van der Waals surface area contributed by atoms with Gasteiger partial charge in [-0.1, -0.05) is 13.0 Å². The molecule has 100 valence electrons. The zero-order valence-corrected chi connectivity index (χ0v) is 11.3. The first-order chi connectivity index (χ1) is 8.25. The second-order valence-electron chi connectivity index (χ2n) is 4.20. The van der Waals surface area contributed by atoms with Gasteiger partial charge in [0.15, 0.2) is 9.84 Å². The third-order valence-corrected chi connectivity index (χ3v) is 3.71. The Hall–Kier alpha value is -1.56. The third-order valence-electron chi connectivity index (χ3n) is 2.59. The van der Waals surface area contributed by atoms with Crippen molar-refractivity contribution in [2.24, 2.45) is 5.92 Å². The maximum atomic E-state index is 11.6. The molecule has 0 saturated heterocycles. The van der Waals surface area contributed by atoms with E-state index in [1.807, 2.05) is 0 Å². The quantitative estimate of drug-likeness (QED) is 0.875. The van der Waals surface area contributed by atoms with E-state index in [1.54, 1.807) is 19.1 Å². The smallest absolute Gasteiger partial charge is 0.306 e. The van der Waals surface area contributed by atoms with Crippen LogP contribution in [-0.2, 0) is 21.1 Å². The number of carbonyl (C=O) groups is 1. The number of hydrogen-bond acceptors (Lipinski definition) is 4. The first-order valence-corrected chi connectivity index (χ1v) is 7.24. The van der Waals surface area contributed by atoms with Gasteiger partial charge in [-0.05, 0) is 24.1 Å². The highest BCUT2D eigenvalue weighted by Crippen LogP contribution is 2.25. The van der Waals surface area contributed by atoms with Crippen molar-refractivity contribution in [3.8, 4) is 5.75 Å². The Balaban J connectivity index is 3.15. The molecule has 1 N–H and O–H groups in total. The molecule has 0 bridgehead atoms. The summed E-state index contributed by atoms with van der Waals surface area (Å²) >= 11 is 0. The van der Waals surface area contributed by atoms with Crippen LogP contribution in [0, 0.1) is 5.92 Å². The summed E-state index contributed by atoms with van der Waals surface area (Å²) < 4.78 is 28.2. The molecule has 0 aliphatic heterocycles. The molecular weight excluding hydrogens is 256 g/mol. The number of carboxylic acid groups (broad SMARTS) is 1. The number of aliphatic carboxylic acids is 1. The Morgan fingerprint density at radius 3 is 2.50 bits per heavy atom. The van der Waals surface area contributed by atoms with Gasteiger partial charge in [0, 0.05) is 6.26 Å². The van der Waals surface area contributed by atoms with Crippen LogP contribution in [0.1, 0.15) is 12.5 Å². The average Bonchev–Trinajstić information content (AvgIpc) is 2.27. The highest BCUT2D eigenvalue weighted by molar-refractivity contribution is 7.90. The van der Waals surface area contributed by atoms with Crippen LogP contribution in [-0.4, -0.2) is 32.9 Å². The molecule has 0 fully saturated rings. The topological polar surface area (TPSA) is 80.7 Å². The van der Waals surface area contributed by atoms with E-state index < -0.39 is 21.7 Å². The Kier molecular flexibility index (Phi) is 4.34. The number of benzene rings is 1. The van der Waals surface area contributed by atoms with Crippen LogP contribution in [0.2, 0.25) is 0 Å². The zero-order chi connectivity index (χ0) is 13.9. The van der Waals surface area contributed by atoms with Crippen LogP contribution in [0.5, 0.6) is 5.75 Å². The Labute approximate surface area is 106 Å². The molecule has 1 atom stereocenters. The van der Waals surface area contributed by atoms with Gasteiger partial charge in [0.25, 0.3) is 0 Å². The molecule has 0 heterocycles. The van der Waals surface area contributed by atoms with E-state index in [-0.39, 0.29) is 17.1 Å². The normalized spacial score (nSPS) is 13.1. The SMILES string of the molecule is COc1ccc(CC(C)C(=O)O)cc1S(C)(=O)=O. The lowest BCUT2D eigenvalue weighted by atomic mass is 10.0. The van der Waals surface area contributed by atoms with Crippen molar-refractivity contribution in [2.45, 2.75) is 18.2 Å². The lowest BCUT2D eigenvalue weighted by Gasteiger charge is -2.11. The van der Waals surface area contributed by atoms with Crippen LogP contribution in [0.15, 0.2) is 23.1 Å². The molecule has 0 aliphatic carbocycles. The molecule has 0 spiro atoms. The lowest BCUT2D eigenvalue weighted by molar-refractivity contribution is -0.141. The fourth-order valence-corrected chi connectivity index (χ4v) is 2.46. The predicted octanol–water partition coefficient (Wildman–Crippen LogP) is 1.36. The number of methoxy groups -OCH3 is 1. The van der Waals surface area contributed by atoms with Gasteiger partial charge in [-0.2, -0.15) is 0 Å². The summed E-state index contributed by atoms with van der Waals surface area (Å²) in [5.41, 5.74) is 0.658. The molecule has 1 rings (SSSR count). The van der Waals surface area contributed by atoms with E-state index in [0.29, 0.717) is 5.56 Å². The molecular formula is C12H16O5S. The summed E-state index contributed by atoms with van der Waals surface area (Å²) in [6.07, 6.45) is 1.37. The number of hydrogen-bond donors (Lipinski definition) is 1. The van der Waals surface area contributed by atoms with Crippen molar-refractivity contribution in [1.29, 1.82) is 0 Å². The van der Waals surface area contributed by atoms with Gasteiger partial charge in [-0.3, -0.25) is 4.79 Å². The van der Waals surface area contributed by atoms with Gasteiger partial charge < -0.3 is 9.84 Å². The molecule has 1 aromatic carbocycles. The predicted molar refractivity (Wildman–Crippen MR) is 66.6 cm³/mol. The molecule has 0 amide bonds. The molecule has 1 unspecified atom stereocenters. The van der Waals surface area contributed by atoms with Gasteiger partial charge in [0.2, 0.25) is 0 Å². The van der Waals surface area contributed by atoms with Gasteiger partial charge in [-0.15, -0.1) is 0 Å². The van der Waals surface area contributed by atoms with Crippen molar-refractivity contribution in [2.75, 3.05) is 13.4 Å². The molecule has 5 nitrogen and oxygen atoms in total. The largest absolute Gasteiger partial charge is 0.495 e. The third kappa shape index (κ3) is 3.46. The summed E-state index contributed by atoms with van der Waals surface area (Å²) in [6.45, 7) is 1.58. The second kappa shape index (κ2) is 5.39. The van der Waals surface area contributed by atoms with E-state index in [9.17, 15) is 13.2 Å². The van der Waals surface area contributed by atoms with Crippen LogP contribution < -0.4 is 4.74 Å². The maximum absolute atomic E-state index is 11.6. The molecule has 6 heteroatoms. The van der Waals surface area contributed by atoms with Crippen LogP contribution in [0.3, 0.4) is 0 Å². The maximum Gasteiger partial charge on any atom is 0.306 e. The van der Waals surface area contributed by atoms with Crippen LogP contribution in [0.25, 0.3) is 0 Å². The summed E-state index contributed by atoms with van der Waals surface area (Å²) in [5, 5.41) is 8.83. The van der Waals surface area contributed by atoms with E-state index in [0.717, 1.165) is 6.26 Å². The standard InChI is InChI=1S/C12H16O5S/c1-8(12(13)14)6-9-4-5-10(17-2)11(7-9)18(3,15)16/h4-5,7-8H,6H2,1-3H3,(H,13,14). The van der Waals surface area contributed by atoms with Gasteiger partial charge in [0.1, 0.15) is 10.6 Å². The van der Waals surface area contributed by atoms with Crippen molar-refractivity contribution in [3.05, 3.63) is 23.8 Å². The van der Waals surface area contributed by atoms with Gasteiger partial charge in [-0.25, -0.2) is 8.42 Å². The van der Waals surface area contributed by atoms with Crippen LogP contribution in [0.4, 0.5) is 0 Å². The number of sulfone groups is 1. The first kappa shape index (κ1) is 14.5. The summed E-state index contributed by atoms with van der Waals surface area (Å²) in [4.78, 5) is 10.8. The van der Waals surface area contributed by atoms with Crippen molar-refractivity contribution < 1.29 is 23.1 Å². The Morgan fingerprint density at radius 2 is 2.06 bits per heavy atom. The van der Waals surface area contributed by atoms with Gasteiger partial charge >= 0.3 is 5.97 Å². The monoisotopic (exact) mass is 272 g/mol. The Morgan fingerprint density at radius 1 is 1.44 bits per heavy atom. The van der Waals surface area contributed by atoms with Crippen molar-refractivity contribution >= 4 is 15.8 Å². The highest BCUT2D eigenvalue weighted by atomic mass is 32.2. The number of ether oxygens (including phenoxy) is 1. The van der Waals surface area contributed by atoms with Crippen molar-refractivity contribution in [3.63, 3.8) is 0 Å². The first-order valence-electron chi connectivity index (χ1n) is 5.35. The summed E-state index contributed by atoms with van der Waals surface area (Å²) in [5.74, 6) is -1.21. The summed E-state index contributed by atoms with van der Waals surface area (Å²) in [7, 11) is -2.00. The average molecular weight is 272 g/mol. The van der Waals surface area contributed by atoms with E-state index in [1.165, 1.54) is 13.2 Å². The fourth-order valence-electron chi connectivity index (χ4n) is 1.58. The molecule has 18 heavy (non-hydrogen) atoms. The molecule has 0 aromatic heterocycles. The zero-order valence-electron chi connectivity index (χ0n) is 10.5. The minimum Gasteiger partial charge on any atom is -0.495 e. The minimum absolute atomic E-state index is 0.0834. The highest BCUT2D eigenvalue weighted by Gasteiger charge is 2.17. The van der Waals surface area contributed by atoms with Crippen LogP contribution >= 0.6 is 0 Å². The molecule has 0 saturated carbocycles. The Bertz CT molecular complexity index is 548. The lowest BCUT2D eigenvalue weighted by Crippen LogP contribution is -2.12. The fraction of sp³-hybridized carbons (Fsp3) is 0.417. The van der Waals surface area contributed by atoms with E-state index in [4.69, 9.17) is 9.84 Å². The van der Waals surface area contributed by atoms with E-state index in [2.05, 4.69) is 0 Å². The number of rotatable bonds is 5. The summed E-state index contributed by atoms with van der Waals surface area (Å²) in [6, 6.07) is 4.68.